The smallest absolute Gasteiger partial charge is 0.246 e. The van der Waals surface area contributed by atoms with Crippen molar-refractivity contribution in [3.05, 3.63) is 53.2 Å². The number of hydrogen-bond donors (Lipinski definition) is 1. The SMILES string of the molecule is C=CC(=O)N1CCN(c2c(C#N)c(OC[C@@H]3CCCN3C)nc3c2CCN(c2c(O)cccc2C#N)C3)CC1. The van der Waals surface area contributed by atoms with Crippen LogP contribution >= 0.6 is 0 Å². The van der Waals surface area contributed by atoms with Gasteiger partial charge in [-0.2, -0.15) is 10.5 Å². The molecule has 1 atom stereocenters. The van der Waals surface area contributed by atoms with Crippen LogP contribution in [0.15, 0.2) is 30.9 Å². The molecule has 202 valence electrons. The van der Waals surface area contributed by atoms with Crippen LogP contribution in [-0.4, -0.2) is 84.8 Å². The maximum atomic E-state index is 12.2. The van der Waals surface area contributed by atoms with Crippen LogP contribution in [0, 0.1) is 22.7 Å². The van der Waals surface area contributed by atoms with Crippen LogP contribution in [0.1, 0.15) is 35.2 Å². The molecule has 10 nitrogen and oxygen atoms in total. The third kappa shape index (κ3) is 5.08. The van der Waals surface area contributed by atoms with E-state index < -0.39 is 0 Å². The minimum Gasteiger partial charge on any atom is -0.506 e. The maximum Gasteiger partial charge on any atom is 0.246 e. The molecule has 1 aromatic carbocycles. The highest BCUT2D eigenvalue weighted by Gasteiger charge is 2.32. The Labute approximate surface area is 228 Å². The number of pyridine rings is 1. The van der Waals surface area contributed by atoms with Crippen molar-refractivity contribution in [2.75, 3.05) is 62.7 Å². The minimum absolute atomic E-state index is 0.0510. The molecule has 0 aliphatic carbocycles. The van der Waals surface area contributed by atoms with Gasteiger partial charge in [0.25, 0.3) is 0 Å². The van der Waals surface area contributed by atoms with E-state index in [0.717, 1.165) is 36.3 Å². The van der Waals surface area contributed by atoms with Crippen molar-refractivity contribution >= 4 is 17.3 Å². The molecule has 0 bridgehead atoms. The molecule has 3 aliphatic rings. The van der Waals surface area contributed by atoms with Crippen LogP contribution < -0.4 is 14.5 Å². The van der Waals surface area contributed by atoms with Crippen molar-refractivity contribution in [2.24, 2.45) is 0 Å². The van der Waals surface area contributed by atoms with Crippen LogP contribution in [0.25, 0.3) is 0 Å². The Morgan fingerprint density at radius 2 is 1.95 bits per heavy atom. The minimum atomic E-state index is -0.0942. The number of hydrogen-bond acceptors (Lipinski definition) is 9. The highest BCUT2D eigenvalue weighted by atomic mass is 16.5. The lowest BCUT2D eigenvalue weighted by Gasteiger charge is -2.39. The molecule has 0 unspecified atom stereocenters. The molecule has 0 radical (unpaired) electrons. The van der Waals surface area contributed by atoms with E-state index in [0.29, 0.717) is 75.0 Å². The topological polar surface area (TPSA) is 120 Å². The lowest BCUT2D eigenvalue weighted by atomic mass is 9.97. The number of benzene rings is 1. The molecule has 2 aromatic rings. The summed E-state index contributed by atoms with van der Waals surface area (Å²) in [6, 6.07) is 9.76. The van der Waals surface area contributed by atoms with Gasteiger partial charge in [-0.3, -0.25) is 4.79 Å². The number of likely N-dealkylation sites (tertiary alicyclic amines) is 1. The van der Waals surface area contributed by atoms with E-state index in [1.165, 1.54) is 6.08 Å². The monoisotopic (exact) mass is 527 g/mol. The van der Waals surface area contributed by atoms with Gasteiger partial charge in [0, 0.05) is 44.3 Å². The van der Waals surface area contributed by atoms with E-state index in [2.05, 4.69) is 35.6 Å². The van der Waals surface area contributed by atoms with Gasteiger partial charge in [0.2, 0.25) is 11.8 Å². The number of piperazine rings is 1. The van der Waals surface area contributed by atoms with Crippen molar-refractivity contribution in [3.8, 4) is 23.8 Å². The zero-order valence-corrected chi connectivity index (χ0v) is 22.3. The maximum absolute atomic E-state index is 12.2. The highest BCUT2D eigenvalue weighted by Crippen LogP contribution is 2.40. The lowest BCUT2D eigenvalue weighted by molar-refractivity contribution is -0.126. The van der Waals surface area contributed by atoms with Crippen LogP contribution in [0.5, 0.6) is 11.6 Å². The van der Waals surface area contributed by atoms with Gasteiger partial charge in [0.15, 0.2) is 0 Å². The number of nitriles is 2. The second-order valence-corrected chi connectivity index (χ2v) is 10.2. The Bertz CT molecular complexity index is 1350. The summed E-state index contributed by atoms with van der Waals surface area (Å²) in [5.41, 5.74) is 3.88. The van der Waals surface area contributed by atoms with Crippen molar-refractivity contribution in [2.45, 2.75) is 31.8 Å². The number of fused-ring (bicyclic) bond motifs is 1. The first-order chi connectivity index (χ1) is 18.9. The molecule has 4 heterocycles. The molecular formula is C29H33N7O3. The molecule has 0 spiro atoms. The first-order valence-electron chi connectivity index (χ1n) is 13.4. The van der Waals surface area contributed by atoms with E-state index in [1.54, 1.807) is 23.1 Å². The van der Waals surface area contributed by atoms with Crippen molar-refractivity contribution in [1.29, 1.82) is 10.5 Å². The Morgan fingerprint density at radius 1 is 1.15 bits per heavy atom. The molecule has 3 aliphatic heterocycles. The molecule has 1 N–H and O–H groups in total. The summed E-state index contributed by atoms with van der Waals surface area (Å²) >= 11 is 0. The van der Waals surface area contributed by atoms with Gasteiger partial charge >= 0.3 is 0 Å². The normalized spacial score (nSPS) is 19.3. The Kier molecular flexibility index (Phi) is 7.58. The standard InChI is InChI=1S/C29H33N7O3/c1-3-26(38)34-12-14-35(15-13-34)28-22-9-11-36(27-20(16-30)6-4-8-25(27)37)18-24(22)32-29(23(28)17-31)39-19-21-7-5-10-33(21)2/h3-4,6,8,21,37H,1,5,7,9-15,18-19H2,2H3/t21-/m0/s1. The number of phenolic OH excluding ortho intramolecular Hbond substituents is 1. The Hall–Kier alpha value is -4.28. The molecule has 2 fully saturated rings. The summed E-state index contributed by atoms with van der Waals surface area (Å²) in [6.45, 7) is 8.22. The number of nitrogens with zero attached hydrogens (tertiary/aromatic N) is 7. The quantitative estimate of drug-likeness (QED) is 0.565. The lowest BCUT2D eigenvalue weighted by Crippen LogP contribution is -2.49. The van der Waals surface area contributed by atoms with Gasteiger partial charge in [0.1, 0.15) is 30.1 Å². The number of ether oxygens (including phenoxy) is 1. The summed E-state index contributed by atoms with van der Waals surface area (Å²) in [6.07, 6.45) is 4.07. The Balaban J connectivity index is 1.52. The zero-order valence-electron chi connectivity index (χ0n) is 22.3. The number of aromatic nitrogens is 1. The van der Waals surface area contributed by atoms with Crippen molar-refractivity contribution in [1.82, 2.24) is 14.8 Å². The van der Waals surface area contributed by atoms with E-state index >= 15 is 0 Å². The fraction of sp³-hybridized carbons (Fsp3) is 0.448. The van der Waals surface area contributed by atoms with Crippen LogP contribution in [0.4, 0.5) is 11.4 Å². The second kappa shape index (κ2) is 11.2. The zero-order chi connectivity index (χ0) is 27.5. The number of anilines is 2. The molecular weight excluding hydrogens is 494 g/mol. The molecule has 10 heteroatoms. The van der Waals surface area contributed by atoms with Gasteiger partial charge in [0.05, 0.1) is 29.2 Å². The summed E-state index contributed by atoms with van der Waals surface area (Å²) in [4.78, 5) is 25.2. The van der Waals surface area contributed by atoms with Crippen LogP contribution in [0.2, 0.25) is 0 Å². The van der Waals surface area contributed by atoms with Crippen LogP contribution in [0.3, 0.4) is 0 Å². The van der Waals surface area contributed by atoms with Gasteiger partial charge in [-0.25, -0.2) is 4.98 Å². The van der Waals surface area contributed by atoms with Gasteiger partial charge < -0.3 is 29.4 Å². The molecule has 1 aromatic heterocycles. The number of likely N-dealkylation sites (N-methyl/N-ethyl adjacent to an activating group) is 1. The van der Waals surface area contributed by atoms with Crippen LogP contribution in [-0.2, 0) is 17.8 Å². The number of rotatable bonds is 6. The average molecular weight is 528 g/mol. The highest BCUT2D eigenvalue weighted by molar-refractivity contribution is 5.87. The number of para-hydroxylation sites is 1. The third-order valence-electron chi connectivity index (χ3n) is 8.02. The molecule has 0 saturated carbocycles. The molecule has 1 amide bonds. The number of carbonyl (C=O) groups is 1. The predicted molar refractivity (Wildman–Crippen MR) is 147 cm³/mol. The fourth-order valence-corrected chi connectivity index (χ4v) is 5.88. The average Bonchev–Trinajstić information content (AvgIpc) is 3.38. The molecule has 5 rings (SSSR count). The van der Waals surface area contributed by atoms with E-state index in [9.17, 15) is 20.4 Å². The summed E-state index contributed by atoms with van der Waals surface area (Å²) < 4.78 is 6.27. The predicted octanol–water partition coefficient (Wildman–Crippen LogP) is 2.40. The number of phenols is 1. The first kappa shape index (κ1) is 26.3. The van der Waals surface area contributed by atoms with Crippen molar-refractivity contribution < 1.29 is 14.6 Å². The number of aromatic hydroxyl groups is 1. The Morgan fingerprint density at radius 3 is 2.62 bits per heavy atom. The summed E-state index contributed by atoms with van der Waals surface area (Å²) in [5.74, 6) is 0.272. The fourth-order valence-electron chi connectivity index (χ4n) is 5.88. The molecule has 2 saturated heterocycles. The largest absolute Gasteiger partial charge is 0.506 e. The van der Waals surface area contributed by atoms with Crippen molar-refractivity contribution in [3.63, 3.8) is 0 Å². The summed E-state index contributed by atoms with van der Waals surface area (Å²) in [5, 5.41) is 30.6. The van der Waals surface area contributed by atoms with Gasteiger partial charge in [-0.05, 0) is 51.1 Å². The van der Waals surface area contributed by atoms with E-state index in [4.69, 9.17) is 9.72 Å². The van der Waals surface area contributed by atoms with E-state index in [-0.39, 0.29) is 17.7 Å². The molecule has 39 heavy (non-hydrogen) atoms. The number of amides is 1. The van der Waals surface area contributed by atoms with Gasteiger partial charge in [-0.1, -0.05) is 12.6 Å². The van der Waals surface area contributed by atoms with E-state index in [1.807, 2.05) is 4.90 Å². The number of carbonyl (C=O) groups excluding carboxylic acids is 1. The summed E-state index contributed by atoms with van der Waals surface area (Å²) in [7, 11) is 2.08. The third-order valence-corrected chi connectivity index (χ3v) is 8.02. The first-order valence-corrected chi connectivity index (χ1v) is 13.4. The second-order valence-electron chi connectivity index (χ2n) is 10.2. The van der Waals surface area contributed by atoms with Gasteiger partial charge in [-0.15, -0.1) is 0 Å².